The summed E-state index contributed by atoms with van der Waals surface area (Å²) in [6.45, 7) is 7.56. The minimum Gasteiger partial charge on any atom is -0.232 e. The predicted molar refractivity (Wildman–Crippen MR) is 41.4 cm³/mol. The lowest BCUT2D eigenvalue weighted by Gasteiger charge is -1.91. The van der Waals surface area contributed by atoms with Crippen molar-refractivity contribution in [1.82, 2.24) is 0 Å². The van der Waals surface area contributed by atoms with Gasteiger partial charge >= 0.3 is 0 Å². The molecular weight excluding hydrogens is 136 g/mol. The third kappa shape index (κ3) is 7.95. The first-order chi connectivity index (χ1) is 4.18. The molecule has 0 amide bonds. The van der Waals surface area contributed by atoms with Gasteiger partial charge in [-0.3, -0.25) is 0 Å². The molecule has 0 aliphatic carbocycles. The SMILES string of the molecule is CC.CCC(C)[SH](=O)=O. The van der Waals surface area contributed by atoms with Crippen LogP contribution in [0.3, 0.4) is 0 Å². The second-order valence-electron chi connectivity index (χ2n) is 1.54. The lowest BCUT2D eigenvalue weighted by Crippen LogP contribution is -1.99. The first-order valence-corrected chi connectivity index (χ1v) is 4.56. The normalized spacial score (nSPS) is 12.1. The van der Waals surface area contributed by atoms with Gasteiger partial charge in [-0.25, -0.2) is 8.42 Å². The summed E-state index contributed by atoms with van der Waals surface area (Å²) in [5.74, 6) is 0. The Morgan fingerprint density at radius 2 is 1.67 bits per heavy atom. The second-order valence-corrected chi connectivity index (χ2v) is 2.99. The Morgan fingerprint density at radius 1 is 1.33 bits per heavy atom. The smallest absolute Gasteiger partial charge is 0.142 e. The third-order valence-electron chi connectivity index (χ3n) is 0.951. The van der Waals surface area contributed by atoms with Crippen molar-refractivity contribution < 1.29 is 8.42 Å². The Kier molecular flexibility index (Phi) is 10.3. The highest BCUT2D eigenvalue weighted by Crippen LogP contribution is 1.90. The van der Waals surface area contributed by atoms with Crippen molar-refractivity contribution in [2.75, 3.05) is 0 Å². The van der Waals surface area contributed by atoms with Crippen molar-refractivity contribution in [1.29, 1.82) is 0 Å². The Bertz CT molecular complexity index is 99.6. The molecule has 0 spiro atoms. The summed E-state index contributed by atoms with van der Waals surface area (Å²) in [6.07, 6.45) is 0.721. The molecule has 1 atom stereocenters. The zero-order chi connectivity index (χ0) is 7.86. The van der Waals surface area contributed by atoms with Crippen LogP contribution in [0.4, 0.5) is 0 Å². The van der Waals surface area contributed by atoms with Crippen LogP contribution in [0.15, 0.2) is 0 Å². The molecule has 0 aromatic rings. The van der Waals surface area contributed by atoms with E-state index in [0.717, 1.165) is 6.42 Å². The molecule has 0 heterocycles. The first kappa shape index (κ1) is 11.7. The molecule has 0 saturated heterocycles. The third-order valence-corrected chi connectivity index (χ3v) is 2.04. The van der Waals surface area contributed by atoms with Crippen LogP contribution in [-0.2, 0) is 10.7 Å². The lowest BCUT2D eigenvalue weighted by atomic mass is 10.4. The molecule has 0 aliphatic heterocycles. The van der Waals surface area contributed by atoms with Gasteiger partial charge in [0.15, 0.2) is 0 Å². The van der Waals surface area contributed by atoms with Gasteiger partial charge in [-0.15, -0.1) is 0 Å². The van der Waals surface area contributed by atoms with Crippen LogP contribution >= 0.6 is 0 Å². The van der Waals surface area contributed by atoms with Crippen molar-refractivity contribution in [3.05, 3.63) is 0 Å². The van der Waals surface area contributed by atoms with Crippen LogP contribution in [-0.4, -0.2) is 13.7 Å². The van der Waals surface area contributed by atoms with Gasteiger partial charge in [0.2, 0.25) is 0 Å². The van der Waals surface area contributed by atoms with E-state index in [1.807, 2.05) is 20.8 Å². The van der Waals surface area contributed by atoms with Gasteiger partial charge in [0.1, 0.15) is 10.7 Å². The fourth-order valence-corrected chi connectivity index (χ4v) is 0.447. The van der Waals surface area contributed by atoms with Gasteiger partial charge in [-0.2, -0.15) is 0 Å². The highest BCUT2D eigenvalue weighted by Gasteiger charge is 1.96. The van der Waals surface area contributed by atoms with Crippen LogP contribution < -0.4 is 0 Å². The molecule has 0 aromatic carbocycles. The molecule has 3 heteroatoms. The van der Waals surface area contributed by atoms with Gasteiger partial charge in [0.25, 0.3) is 0 Å². The molecule has 9 heavy (non-hydrogen) atoms. The number of hydrogen-bond acceptors (Lipinski definition) is 2. The minimum absolute atomic E-state index is 0.144. The van der Waals surface area contributed by atoms with Crippen LogP contribution in [0.2, 0.25) is 0 Å². The summed E-state index contributed by atoms with van der Waals surface area (Å²) < 4.78 is 19.9. The van der Waals surface area contributed by atoms with E-state index in [1.54, 1.807) is 6.92 Å². The maximum atomic E-state index is 9.97. The fraction of sp³-hybridized carbons (Fsp3) is 1.00. The van der Waals surface area contributed by atoms with Gasteiger partial charge in [0, 0.05) is 0 Å². The molecule has 0 aliphatic rings. The van der Waals surface area contributed by atoms with E-state index in [0.29, 0.717) is 0 Å². The zero-order valence-electron chi connectivity index (χ0n) is 6.55. The van der Waals surface area contributed by atoms with E-state index >= 15 is 0 Å². The Labute approximate surface area is 59.2 Å². The van der Waals surface area contributed by atoms with Crippen molar-refractivity contribution in [3.8, 4) is 0 Å². The molecule has 2 nitrogen and oxygen atoms in total. The lowest BCUT2D eigenvalue weighted by molar-refractivity contribution is 0.601. The van der Waals surface area contributed by atoms with Crippen molar-refractivity contribution in [3.63, 3.8) is 0 Å². The fourth-order valence-electron chi connectivity index (χ4n) is 0.149. The summed E-state index contributed by atoms with van der Waals surface area (Å²) in [4.78, 5) is 0. The van der Waals surface area contributed by atoms with Gasteiger partial charge in [0.05, 0.1) is 5.25 Å². The molecular formula is C6H16O2S. The number of rotatable bonds is 2. The van der Waals surface area contributed by atoms with Gasteiger partial charge in [-0.1, -0.05) is 20.8 Å². The molecule has 0 radical (unpaired) electrons. The maximum Gasteiger partial charge on any atom is 0.142 e. The molecule has 0 saturated carbocycles. The van der Waals surface area contributed by atoms with Crippen LogP contribution in [0.5, 0.6) is 0 Å². The zero-order valence-corrected chi connectivity index (χ0v) is 7.44. The van der Waals surface area contributed by atoms with E-state index in [-0.39, 0.29) is 5.25 Å². The largest absolute Gasteiger partial charge is 0.232 e. The molecule has 0 bridgehead atoms. The van der Waals surface area contributed by atoms with Crippen LogP contribution in [0.25, 0.3) is 0 Å². The average Bonchev–Trinajstić information content (AvgIpc) is 1.91. The second kappa shape index (κ2) is 7.95. The quantitative estimate of drug-likeness (QED) is 0.607. The molecule has 1 unspecified atom stereocenters. The van der Waals surface area contributed by atoms with E-state index < -0.39 is 10.7 Å². The summed E-state index contributed by atoms with van der Waals surface area (Å²) >= 11 is 0. The average molecular weight is 152 g/mol. The summed E-state index contributed by atoms with van der Waals surface area (Å²) in [5, 5.41) is -0.144. The Balaban J connectivity index is 0. The van der Waals surface area contributed by atoms with Crippen molar-refractivity contribution in [2.24, 2.45) is 0 Å². The summed E-state index contributed by atoms with van der Waals surface area (Å²) in [5.41, 5.74) is 0. The monoisotopic (exact) mass is 152 g/mol. The van der Waals surface area contributed by atoms with Gasteiger partial charge in [-0.05, 0) is 13.3 Å². The molecule has 0 aromatic heterocycles. The highest BCUT2D eigenvalue weighted by atomic mass is 32.2. The Hall–Kier alpha value is -0.0500. The first-order valence-electron chi connectivity index (χ1n) is 3.32. The minimum atomic E-state index is -2.16. The summed E-state index contributed by atoms with van der Waals surface area (Å²) in [7, 11) is -2.16. The molecule has 58 valence electrons. The van der Waals surface area contributed by atoms with E-state index in [9.17, 15) is 8.42 Å². The van der Waals surface area contributed by atoms with Crippen LogP contribution in [0.1, 0.15) is 34.1 Å². The van der Waals surface area contributed by atoms with E-state index in [2.05, 4.69) is 0 Å². The maximum absolute atomic E-state index is 9.97. The van der Waals surface area contributed by atoms with E-state index in [4.69, 9.17) is 0 Å². The van der Waals surface area contributed by atoms with Crippen LogP contribution in [0, 0.1) is 0 Å². The predicted octanol–water partition coefficient (Wildman–Crippen LogP) is 1.42. The topological polar surface area (TPSA) is 34.1 Å². The van der Waals surface area contributed by atoms with Crippen molar-refractivity contribution >= 4 is 10.7 Å². The standard InChI is InChI=1S/C4H10O2S.C2H6/c1-3-4(2)7(5)6;1-2/h4,7H,3H2,1-2H3;1-2H3. The highest BCUT2D eigenvalue weighted by molar-refractivity contribution is 7.73. The Morgan fingerprint density at radius 3 is 1.67 bits per heavy atom. The molecule has 0 rings (SSSR count). The molecule has 0 N–H and O–H groups in total. The number of thiol groups is 1. The van der Waals surface area contributed by atoms with E-state index in [1.165, 1.54) is 0 Å². The van der Waals surface area contributed by atoms with Gasteiger partial charge < -0.3 is 0 Å². The van der Waals surface area contributed by atoms with Crippen molar-refractivity contribution in [2.45, 2.75) is 39.4 Å². The molecule has 0 fully saturated rings. The number of hydrogen-bond donors (Lipinski definition) is 1. The summed E-state index contributed by atoms with van der Waals surface area (Å²) in [6, 6.07) is 0.